The van der Waals surface area contributed by atoms with Crippen molar-refractivity contribution in [3.05, 3.63) is 65.2 Å². The second-order valence-electron chi connectivity index (χ2n) is 7.07. The van der Waals surface area contributed by atoms with Crippen LogP contribution in [0.3, 0.4) is 0 Å². The fraction of sp³-hybridized carbons (Fsp3) is 0.300. The van der Waals surface area contributed by atoms with Crippen molar-refractivity contribution in [2.24, 2.45) is 0 Å². The maximum atomic E-state index is 12.8. The molecule has 118 valence electrons. The standard InChI is InChI=1S/C20H23N2O/c1-15-6-8-16(9-7-15)19(23)22(5,14-21)18-12-10-17(11-13-18)20(2,3)4/h6-13H,1-5H3/q+1. The zero-order valence-corrected chi connectivity index (χ0v) is 14.4. The van der Waals surface area contributed by atoms with Crippen LogP contribution in [0.25, 0.3) is 0 Å². The molecule has 1 amide bonds. The summed E-state index contributed by atoms with van der Waals surface area (Å²) in [4.78, 5) is 12.8. The minimum absolute atomic E-state index is 0.0372. The number of carbonyl (C=O) groups excluding carboxylic acids is 1. The van der Waals surface area contributed by atoms with E-state index >= 15 is 0 Å². The molecule has 2 aromatic carbocycles. The van der Waals surface area contributed by atoms with Crippen molar-refractivity contribution in [1.82, 2.24) is 4.48 Å². The Balaban J connectivity index is 2.42. The molecule has 0 aliphatic rings. The fourth-order valence-electron chi connectivity index (χ4n) is 2.43. The summed E-state index contributed by atoms with van der Waals surface area (Å²) in [6, 6.07) is 15.0. The first-order valence-corrected chi connectivity index (χ1v) is 7.69. The lowest BCUT2D eigenvalue weighted by atomic mass is 9.87. The minimum Gasteiger partial charge on any atom is -0.224 e. The van der Waals surface area contributed by atoms with Crippen molar-refractivity contribution < 1.29 is 4.79 Å². The molecule has 0 aromatic heterocycles. The van der Waals surface area contributed by atoms with E-state index in [2.05, 4.69) is 27.0 Å². The first-order chi connectivity index (χ1) is 10.7. The van der Waals surface area contributed by atoms with E-state index in [0.717, 1.165) is 5.56 Å². The highest BCUT2D eigenvalue weighted by molar-refractivity contribution is 6.03. The molecule has 0 bridgehead atoms. The van der Waals surface area contributed by atoms with Gasteiger partial charge in [0.25, 0.3) is 0 Å². The largest absolute Gasteiger partial charge is 0.365 e. The first-order valence-electron chi connectivity index (χ1n) is 7.69. The molecule has 2 rings (SSSR count). The Hall–Kier alpha value is -2.44. The topological polar surface area (TPSA) is 40.9 Å². The number of aryl methyl sites for hydroxylation is 1. The van der Waals surface area contributed by atoms with Crippen LogP contribution in [-0.4, -0.2) is 13.0 Å². The van der Waals surface area contributed by atoms with Gasteiger partial charge >= 0.3 is 12.1 Å². The van der Waals surface area contributed by atoms with Crippen molar-refractivity contribution >= 4 is 11.6 Å². The van der Waals surface area contributed by atoms with Crippen LogP contribution in [0.5, 0.6) is 0 Å². The number of amides is 1. The molecule has 0 aliphatic heterocycles. The number of nitrogens with zero attached hydrogens (tertiary/aromatic N) is 2. The van der Waals surface area contributed by atoms with Crippen LogP contribution in [0.2, 0.25) is 0 Å². The molecule has 3 heteroatoms. The van der Waals surface area contributed by atoms with Crippen molar-refractivity contribution in [1.29, 1.82) is 5.26 Å². The minimum atomic E-state index is -0.409. The van der Waals surface area contributed by atoms with Gasteiger partial charge in [-0.15, -0.1) is 9.74 Å². The van der Waals surface area contributed by atoms with E-state index in [0.29, 0.717) is 11.3 Å². The summed E-state index contributed by atoms with van der Waals surface area (Å²) in [7, 11) is 1.63. The van der Waals surface area contributed by atoms with Gasteiger partial charge < -0.3 is 0 Å². The van der Waals surface area contributed by atoms with Crippen molar-refractivity contribution in [3.63, 3.8) is 0 Å². The molecular weight excluding hydrogens is 284 g/mol. The molecule has 0 saturated heterocycles. The third kappa shape index (κ3) is 3.33. The van der Waals surface area contributed by atoms with E-state index in [1.54, 1.807) is 19.2 Å². The van der Waals surface area contributed by atoms with Crippen LogP contribution >= 0.6 is 0 Å². The predicted molar refractivity (Wildman–Crippen MR) is 94.0 cm³/mol. The van der Waals surface area contributed by atoms with Crippen LogP contribution in [0, 0.1) is 18.4 Å². The molecule has 23 heavy (non-hydrogen) atoms. The van der Waals surface area contributed by atoms with Crippen LogP contribution in [0.15, 0.2) is 48.5 Å². The maximum Gasteiger partial charge on any atom is 0.365 e. The molecule has 2 aromatic rings. The Labute approximate surface area is 138 Å². The summed E-state index contributed by atoms with van der Waals surface area (Å²) in [5.74, 6) is -0.226. The molecular formula is C20H23N2O+. The zero-order chi connectivity index (χ0) is 17.3. The first kappa shape index (κ1) is 16.9. The Kier molecular flexibility index (Phi) is 4.40. The van der Waals surface area contributed by atoms with Gasteiger partial charge in [0.15, 0.2) is 5.69 Å². The molecule has 0 saturated carbocycles. The molecule has 1 unspecified atom stereocenters. The number of hydrogen-bond donors (Lipinski definition) is 0. The lowest BCUT2D eigenvalue weighted by molar-refractivity contribution is 0.0861. The Morgan fingerprint density at radius 3 is 1.96 bits per heavy atom. The van der Waals surface area contributed by atoms with Crippen LogP contribution in [0.4, 0.5) is 5.69 Å². The number of carbonyl (C=O) groups is 1. The monoisotopic (exact) mass is 307 g/mol. The molecule has 0 spiro atoms. The number of quaternary nitrogens is 1. The molecule has 0 aliphatic carbocycles. The number of benzene rings is 2. The van der Waals surface area contributed by atoms with E-state index in [1.165, 1.54) is 5.56 Å². The highest BCUT2D eigenvalue weighted by atomic mass is 16.2. The summed E-state index contributed by atoms with van der Waals surface area (Å²) in [5.41, 5.74) is 3.51. The van der Waals surface area contributed by atoms with E-state index in [1.807, 2.05) is 43.3 Å². The predicted octanol–water partition coefficient (Wildman–Crippen LogP) is 4.55. The van der Waals surface area contributed by atoms with E-state index in [4.69, 9.17) is 0 Å². The Morgan fingerprint density at radius 1 is 1.00 bits per heavy atom. The van der Waals surface area contributed by atoms with Gasteiger partial charge in [0.1, 0.15) is 0 Å². The Bertz CT molecular complexity index is 746. The van der Waals surface area contributed by atoms with E-state index < -0.39 is 4.48 Å². The van der Waals surface area contributed by atoms with Gasteiger partial charge in [0.2, 0.25) is 0 Å². The third-order valence-corrected chi connectivity index (χ3v) is 4.15. The Morgan fingerprint density at radius 2 is 1.52 bits per heavy atom. The molecule has 0 N–H and O–H groups in total. The normalized spacial score (nSPS) is 13.9. The van der Waals surface area contributed by atoms with Crippen molar-refractivity contribution in [3.8, 4) is 6.19 Å². The summed E-state index contributed by atoms with van der Waals surface area (Å²) < 4.78 is -0.409. The van der Waals surface area contributed by atoms with Crippen molar-refractivity contribution in [2.75, 3.05) is 7.05 Å². The maximum absolute atomic E-state index is 12.8. The number of hydrogen-bond acceptors (Lipinski definition) is 2. The summed E-state index contributed by atoms with van der Waals surface area (Å²) in [6.07, 6.45) is 2.15. The van der Waals surface area contributed by atoms with E-state index in [-0.39, 0.29) is 11.3 Å². The van der Waals surface area contributed by atoms with Gasteiger partial charge in [-0.1, -0.05) is 50.6 Å². The van der Waals surface area contributed by atoms with Crippen LogP contribution < -0.4 is 4.48 Å². The zero-order valence-electron chi connectivity index (χ0n) is 14.4. The summed E-state index contributed by atoms with van der Waals surface area (Å²) in [6.45, 7) is 8.38. The molecule has 0 fully saturated rings. The average molecular weight is 307 g/mol. The highest BCUT2D eigenvalue weighted by Gasteiger charge is 2.36. The molecule has 3 nitrogen and oxygen atoms in total. The lowest BCUT2D eigenvalue weighted by Gasteiger charge is -2.23. The average Bonchev–Trinajstić information content (AvgIpc) is 2.53. The van der Waals surface area contributed by atoms with Gasteiger partial charge in [-0.3, -0.25) is 0 Å². The second kappa shape index (κ2) is 5.98. The second-order valence-corrected chi connectivity index (χ2v) is 7.07. The van der Waals surface area contributed by atoms with Gasteiger partial charge in [-0.25, -0.2) is 4.79 Å². The quantitative estimate of drug-likeness (QED) is 0.603. The van der Waals surface area contributed by atoms with Crippen molar-refractivity contribution in [2.45, 2.75) is 33.1 Å². The van der Waals surface area contributed by atoms with Gasteiger partial charge in [0, 0.05) is 12.1 Å². The molecule has 1 atom stereocenters. The molecule has 0 heterocycles. The van der Waals surface area contributed by atoms with Crippen LogP contribution in [-0.2, 0) is 5.41 Å². The van der Waals surface area contributed by atoms with E-state index in [9.17, 15) is 10.1 Å². The fourth-order valence-corrected chi connectivity index (χ4v) is 2.43. The lowest BCUT2D eigenvalue weighted by Crippen LogP contribution is -2.46. The smallest absolute Gasteiger partial charge is 0.224 e. The summed E-state index contributed by atoms with van der Waals surface area (Å²) >= 11 is 0. The van der Waals surface area contributed by atoms with Gasteiger partial charge in [-0.05, 0) is 30.0 Å². The number of rotatable bonds is 2. The third-order valence-electron chi connectivity index (χ3n) is 4.15. The highest BCUT2D eigenvalue weighted by Crippen LogP contribution is 2.28. The SMILES string of the molecule is Cc1ccc(C(=O)[N+](C)(C#N)c2ccc(C(C)(C)C)cc2)cc1. The molecule has 0 radical (unpaired) electrons. The number of nitriles is 1. The van der Waals surface area contributed by atoms with Gasteiger partial charge in [-0.2, -0.15) is 0 Å². The van der Waals surface area contributed by atoms with Crippen LogP contribution in [0.1, 0.15) is 42.3 Å². The van der Waals surface area contributed by atoms with Gasteiger partial charge in [0.05, 0.1) is 12.6 Å². The summed E-state index contributed by atoms with van der Waals surface area (Å²) in [5, 5.41) is 9.66.